The van der Waals surface area contributed by atoms with Crippen molar-refractivity contribution in [1.82, 2.24) is 9.97 Å². The van der Waals surface area contributed by atoms with Gasteiger partial charge in [-0.15, -0.1) is 0 Å². The summed E-state index contributed by atoms with van der Waals surface area (Å²) in [6, 6.07) is 12.2. The van der Waals surface area contributed by atoms with E-state index in [1.807, 2.05) is 25.1 Å². The summed E-state index contributed by atoms with van der Waals surface area (Å²) < 4.78 is 0. The third-order valence-electron chi connectivity index (χ3n) is 3.71. The molecule has 0 amide bonds. The van der Waals surface area contributed by atoms with Gasteiger partial charge < -0.3 is 4.98 Å². The lowest BCUT2D eigenvalue weighted by molar-refractivity contribution is 0.454. The number of benzene rings is 1. The Balaban J connectivity index is 2.52. The van der Waals surface area contributed by atoms with E-state index in [9.17, 15) is 5.26 Å². The van der Waals surface area contributed by atoms with E-state index in [1.165, 1.54) is 0 Å². The topological polar surface area (TPSA) is 100 Å². The standard InChI is InChI=1S/C16H15N5/c1-12-5-2-6-13-14(12)21-15(20-13)16(11-19,7-3-9-17)8-4-10-18/h2,5-6H,3-4,7-8H2,1H3,(H,20,21). The molecule has 2 aromatic rings. The normalized spacial score (nSPS) is 10.8. The largest absolute Gasteiger partial charge is 0.341 e. The van der Waals surface area contributed by atoms with Crippen LogP contribution in [0.2, 0.25) is 0 Å². The molecule has 1 heterocycles. The Hall–Kier alpha value is -2.84. The van der Waals surface area contributed by atoms with E-state index in [0.717, 1.165) is 16.6 Å². The Kier molecular flexibility index (Phi) is 4.21. The smallest absolute Gasteiger partial charge is 0.127 e. The van der Waals surface area contributed by atoms with E-state index in [2.05, 4.69) is 28.2 Å². The number of aryl methyl sites for hydroxylation is 1. The van der Waals surface area contributed by atoms with Crippen molar-refractivity contribution in [2.75, 3.05) is 0 Å². The average Bonchev–Trinajstić information content (AvgIpc) is 2.94. The van der Waals surface area contributed by atoms with Crippen molar-refractivity contribution in [3.8, 4) is 18.2 Å². The monoisotopic (exact) mass is 277 g/mol. The van der Waals surface area contributed by atoms with E-state index in [-0.39, 0.29) is 12.8 Å². The summed E-state index contributed by atoms with van der Waals surface area (Å²) in [5.41, 5.74) is 1.83. The van der Waals surface area contributed by atoms with Gasteiger partial charge in [0.15, 0.2) is 0 Å². The van der Waals surface area contributed by atoms with Crippen LogP contribution in [0.4, 0.5) is 0 Å². The van der Waals surface area contributed by atoms with Gasteiger partial charge in [-0.3, -0.25) is 0 Å². The SMILES string of the molecule is Cc1cccc2[nH]c(C(C#N)(CCC#N)CCC#N)nc12. The molecule has 0 aliphatic heterocycles. The molecular formula is C16H15N5. The Morgan fingerprint density at radius 2 is 1.81 bits per heavy atom. The molecule has 0 spiro atoms. The van der Waals surface area contributed by atoms with Gasteiger partial charge in [0.1, 0.15) is 11.2 Å². The quantitative estimate of drug-likeness (QED) is 0.906. The summed E-state index contributed by atoms with van der Waals surface area (Å²) in [5, 5.41) is 27.3. The molecule has 0 radical (unpaired) electrons. The lowest BCUT2D eigenvalue weighted by Gasteiger charge is -2.22. The Bertz CT molecular complexity index is 749. The van der Waals surface area contributed by atoms with E-state index in [4.69, 9.17) is 10.5 Å². The molecule has 104 valence electrons. The first kappa shape index (κ1) is 14.6. The molecular weight excluding hydrogens is 262 g/mol. The molecule has 2 rings (SSSR count). The summed E-state index contributed by atoms with van der Waals surface area (Å²) in [7, 11) is 0. The van der Waals surface area contributed by atoms with E-state index >= 15 is 0 Å². The van der Waals surface area contributed by atoms with Gasteiger partial charge in [-0.05, 0) is 31.4 Å². The summed E-state index contributed by atoms with van der Waals surface area (Å²) >= 11 is 0. The summed E-state index contributed by atoms with van der Waals surface area (Å²) in [4.78, 5) is 7.76. The number of nitriles is 3. The Labute approximate surface area is 123 Å². The van der Waals surface area contributed by atoms with Crippen LogP contribution in [0.1, 0.15) is 37.1 Å². The predicted molar refractivity (Wildman–Crippen MR) is 77.8 cm³/mol. The number of rotatable bonds is 5. The fraction of sp³-hybridized carbons (Fsp3) is 0.375. The molecule has 5 heteroatoms. The number of aromatic nitrogens is 2. The molecule has 0 saturated heterocycles. The van der Waals surface area contributed by atoms with Crippen molar-refractivity contribution in [3.05, 3.63) is 29.6 Å². The van der Waals surface area contributed by atoms with Crippen LogP contribution in [0.3, 0.4) is 0 Å². The minimum Gasteiger partial charge on any atom is -0.341 e. The third-order valence-corrected chi connectivity index (χ3v) is 3.71. The van der Waals surface area contributed by atoms with Crippen LogP contribution in [0, 0.1) is 40.9 Å². The first-order valence-corrected chi connectivity index (χ1v) is 6.78. The fourth-order valence-electron chi connectivity index (χ4n) is 2.47. The van der Waals surface area contributed by atoms with Gasteiger partial charge in [0.25, 0.3) is 0 Å². The van der Waals surface area contributed by atoms with Crippen molar-refractivity contribution < 1.29 is 0 Å². The van der Waals surface area contributed by atoms with Crippen LogP contribution in [0.25, 0.3) is 11.0 Å². The van der Waals surface area contributed by atoms with Crippen LogP contribution in [0.15, 0.2) is 18.2 Å². The molecule has 0 fully saturated rings. The fourth-order valence-corrected chi connectivity index (χ4v) is 2.47. The van der Waals surface area contributed by atoms with Crippen molar-refractivity contribution in [2.45, 2.75) is 38.0 Å². The molecule has 0 saturated carbocycles. The number of fused-ring (bicyclic) bond motifs is 1. The maximum Gasteiger partial charge on any atom is 0.127 e. The Morgan fingerprint density at radius 1 is 1.14 bits per heavy atom. The first-order valence-electron chi connectivity index (χ1n) is 6.78. The Morgan fingerprint density at radius 3 is 2.33 bits per heavy atom. The number of hydrogen-bond acceptors (Lipinski definition) is 4. The minimum atomic E-state index is -0.906. The minimum absolute atomic E-state index is 0.259. The lowest BCUT2D eigenvalue weighted by Crippen LogP contribution is -2.25. The highest BCUT2D eigenvalue weighted by Crippen LogP contribution is 2.33. The number of hydrogen-bond donors (Lipinski definition) is 1. The van der Waals surface area contributed by atoms with E-state index < -0.39 is 5.41 Å². The van der Waals surface area contributed by atoms with Crippen molar-refractivity contribution in [3.63, 3.8) is 0 Å². The van der Waals surface area contributed by atoms with Crippen molar-refractivity contribution >= 4 is 11.0 Å². The molecule has 0 atom stereocenters. The van der Waals surface area contributed by atoms with Gasteiger partial charge in [-0.2, -0.15) is 15.8 Å². The van der Waals surface area contributed by atoms with Gasteiger partial charge in [-0.25, -0.2) is 4.98 Å². The molecule has 1 aromatic heterocycles. The number of aromatic amines is 1. The number of H-pyrrole nitrogens is 1. The molecule has 1 N–H and O–H groups in total. The molecule has 0 unspecified atom stereocenters. The zero-order valence-corrected chi connectivity index (χ0v) is 11.8. The number of nitrogens with zero attached hydrogens (tertiary/aromatic N) is 4. The van der Waals surface area contributed by atoms with Crippen molar-refractivity contribution in [2.24, 2.45) is 0 Å². The van der Waals surface area contributed by atoms with Gasteiger partial charge in [0.05, 0.1) is 29.2 Å². The lowest BCUT2D eigenvalue weighted by atomic mass is 9.80. The second-order valence-electron chi connectivity index (χ2n) is 5.07. The average molecular weight is 277 g/mol. The summed E-state index contributed by atoms with van der Waals surface area (Å²) in [5.74, 6) is 0.555. The highest BCUT2D eigenvalue weighted by Gasteiger charge is 2.35. The molecule has 1 aromatic carbocycles. The van der Waals surface area contributed by atoms with Crippen LogP contribution in [-0.2, 0) is 5.41 Å². The van der Waals surface area contributed by atoms with Crippen LogP contribution in [-0.4, -0.2) is 9.97 Å². The molecule has 5 nitrogen and oxygen atoms in total. The van der Waals surface area contributed by atoms with Gasteiger partial charge in [0, 0.05) is 12.8 Å². The molecule has 0 bridgehead atoms. The highest BCUT2D eigenvalue weighted by atomic mass is 14.9. The zero-order chi connectivity index (χ0) is 15.3. The molecule has 21 heavy (non-hydrogen) atoms. The van der Waals surface area contributed by atoms with Crippen molar-refractivity contribution in [1.29, 1.82) is 15.8 Å². The number of para-hydroxylation sites is 1. The highest BCUT2D eigenvalue weighted by molar-refractivity contribution is 5.78. The van der Waals surface area contributed by atoms with Gasteiger partial charge in [0.2, 0.25) is 0 Å². The number of nitrogens with one attached hydrogen (secondary N) is 1. The first-order chi connectivity index (χ1) is 10.2. The summed E-state index contributed by atoms with van der Waals surface area (Å²) in [6.07, 6.45) is 1.27. The molecule has 0 aliphatic rings. The van der Waals surface area contributed by atoms with Gasteiger partial charge in [-0.1, -0.05) is 12.1 Å². The van der Waals surface area contributed by atoms with Crippen LogP contribution >= 0.6 is 0 Å². The zero-order valence-electron chi connectivity index (χ0n) is 11.8. The van der Waals surface area contributed by atoms with E-state index in [0.29, 0.717) is 18.7 Å². The predicted octanol–water partition coefficient (Wildman–Crippen LogP) is 3.24. The second kappa shape index (κ2) is 6.07. The van der Waals surface area contributed by atoms with Crippen LogP contribution < -0.4 is 0 Å². The van der Waals surface area contributed by atoms with E-state index in [1.54, 1.807) is 0 Å². The third kappa shape index (κ3) is 2.71. The van der Waals surface area contributed by atoms with Crippen LogP contribution in [0.5, 0.6) is 0 Å². The van der Waals surface area contributed by atoms with Gasteiger partial charge >= 0.3 is 0 Å². The maximum atomic E-state index is 9.65. The number of imidazole rings is 1. The summed E-state index contributed by atoms with van der Waals surface area (Å²) in [6.45, 7) is 1.96. The molecule has 0 aliphatic carbocycles. The maximum absolute atomic E-state index is 9.65. The second-order valence-corrected chi connectivity index (χ2v) is 5.07.